The first-order valence-electron chi connectivity index (χ1n) is 1.54. The van der Waals surface area contributed by atoms with Crippen molar-refractivity contribution in [3.63, 3.8) is 0 Å². The molecule has 0 saturated carbocycles. The van der Waals surface area contributed by atoms with Crippen molar-refractivity contribution < 1.29 is 5.11 Å². The van der Waals surface area contributed by atoms with E-state index in [-0.39, 0.29) is 0 Å². The first kappa shape index (κ1) is 3.08. The van der Waals surface area contributed by atoms with Crippen molar-refractivity contribution in [1.29, 1.82) is 0 Å². The first-order valence-corrected chi connectivity index (χ1v) is 1.54. The van der Waals surface area contributed by atoms with Crippen LogP contribution in [0.15, 0.2) is 0 Å². The Hall–Kier alpha value is -0.120. The van der Waals surface area contributed by atoms with Gasteiger partial charge in [-0.2, -0.15) is 0 Å². The van der Waals surface area contributed by atoms with E-state index in [1.807, 2.05) is 0 Å². The highest BCUT2D eigenvalue weighted by Gasteiger charge is 2.07. The average Bonchev–Trinajstić information content (AvgIpc) is 1.30. The molecule has 5 heavy (non-hydrogen) atoms. The maximum atomic E-state index is 8.23. The van der Waals surface area contributed by atoms with Gasteiger partial charge >= 0.3 is 0 Å². The largest absolute Gasteiger partial charge is 0.365 e. The predicted molar refractivity (Wildman–Crippen MR) is 17.1 cm³/mol. The molecular formula is C2H6N2O. The van der Waals surface area contributed by atoms with Gasteiger partial charge < -0.3 is 5.11 Å². The zero-order chi connectivity index (χ0) is 3.70. The molecule has 0 atom stereocenters. The van der Waals surface area contributed by atoms with Crippen LogP contribution in [0.25, 0.3) is 0 Å². The molecule has 0 spiro atoms. The summed E-state index contributed by atoms with van der Waals surface area (Å²) in [6.45, 7) is 0.737. The minimum absolute atomic E-state index is 0.435. The highest BCUT2D eigenvalue weighted by atomic mass is 16.3. The zero-order valence-electron chi connectivity index (χ0n) is 2.73. The standard InChI is InChI=1S/C2H6N2O/c5-2-3-1-4-2/h2-5H,1H2. The van der Waals surface area contributed by atoms with Crippen LogP contribution in [0.3, 0.4) is 0 Å². The van der Waals surface area contributed by atoms with Gasteiger partial charge in [0, 0.05) is 0 Å². The monoisotopic (exact) mass is 74.0 g/mol. The van der Waals surface area contributed by atoms with Crippen LogP contribution in [0.5, 0.6) is 0 Å². The van der Waals surface area contributed by atoms with Crippen LogP contribution in [0.2, 0.25) is 0 Å². The number of nitrogens with one attached hydrogen (secondary N) is 2. The zero-order valence-corrected chi connectivity index (χ0v) is 2.73. The van der Waals surface area contributed by atoms with Gasteiger partial charge in [-0.3, -0.25) is 10.6 Å². The molecule has 0 aromatic rings. The van der Waals surface area contributed by atoms with Gasteiger partial charge in [-0.25, -0.2) is 0 Å². The van der Waals surface area contributed by atoms with Crippen LogP contribution in [0, 0.1) is 0 Å². The minimum Gasteiger partial charge on any atom is -0.365 e. The summed E-state index contributed by atoms with van der Waals surface area (Å²) in [7, 11) is 0. The van der Waals surface area contributed by atoms with E-state index in [1.165, 1.54) is 0 Å². The van der Waals surface area contributed by atoms with Gasteiger partial charge in [0.15, 0.2) is 6.35 Å². The van der Waals surface area contributed by atoms with Crippen molar-refractivity contribution in [3.8, 4) is 0 Å². The van der Waals surface area contributed by atoms with Crippen molar-refractivity contribution in [3.05, 3.63) is 0 Å². The van der Waals surface area contributed by atoms with E-state index in [9.17, 15) is 0 Å². The SMILES string of the molecule is OC1NCN1. The van der Waals surface area contributed by atoms with Gasteiger partial charge in [-0.05, 0) is 0 Å². The molecule has 3 heteroatoms. The number of hydrogen-bond acceptors (Lipinski definition) is 3. The van der Waals surface area contributed by atoms with E-state index < -0.39 is 6.35 Å². The molecule has 0 bridgehead atoms. The van der Waals surface area contributed by atoms with Crippen molar-refractivity contribution >= 4 is 0 Å². The Morgan fingerprint density at radius 3 is 2.00 bits per heavy atom. The lowest BCUT2D eigenvalue weighted by atomic mass is 10.7. The highest BCUT2D eigenvalue weighted by molar-refractivity contribution is 4.56. The van der Waals surface area contributed by atoms with E-state index in [0.29, 0.717) is 0 Å². The Morgan fingerprint density at radius 1 is 1.60 bits per heavy atom. The fourth-order valence-corrected chi connectivity index (χ4v) is 0.193. The molecule has 0 aromatic heterocycles. The smallest absolute Gasteiger partial charge is 0.162 e. The van der Waals surface area contributed by atoms with Crippen molar-refractivity contribution in [2.45, 2.75) is 6.35 Å². The van der Waals surface area contributed by atoms with Crippen LogP contribution >= 0.6 is 0 Å². The van der Waals surface area contributed by atoms with E-state index in [0.717, 1.165) is 6.67 Å². The molecule has 1 rings (SSSR count). The Balaban J connectivity index is 2.08. The molecule has 1 fully saturated rings. The third kappa shape index (κ3) is 0.397. The fraction of sp³-hybridized carbons (Fsp3) is 1.00. The molecule has 1 aliphatic heterocycles. The van der Waals surface area contributed by atoms with Gasteiger partial charge in [0.1, 0.15) is 0 Å². The van der Waals surface area contributed by atoms with Gasteiger partial charge in [0.2, 0.25) is 0 Å². The van der Waals surface area contributed by atoms with Crippen molar-refractivity contribution in [1.82, 2.24) is 10.6 Å². The Labute approximate surface area is 30.0 Å². The van der Waals surface area contributed by atoms with Crippen LogP contribution < -0.4 is 10.6 Å². The Morgan fingerprint density at radius 2 is 2.00 bits per heavy atom. The van der Waals surface area contributed by atoms with Crippen LogP contribution in [-0.4, -0.2) is 18.1 Å². The topological polar surface area (TPSA) is 44.3 Å². The molecule has 0 amide bonds. The van der Waals surface area contributed by atoms with Crippen LogP contribution in [0.1, 0.15) is 0 Å². The lowest BCUT2D eigenvalue weighted by Gasteiger charge is -2.22. The predicted octanol–water partition coefficient (Wildman–Crippen LogP) is -1.59. The molecule has 1 saturated heterocycles. The number of hydrogen-bond donors (Lipinski definition) is 3. The van der Waals surface area contributed by atoms with Gasteiger partial charge in [-0.1, -0.05) is 0 Å². The van der Waals surface area contributed by atoms with E-state index >= 15 is 0 Å². The molecule has 0 radical (unpaired) electrons. The summed E-state index contributed by atoms with van der Waals surface area (Å²) < 4.78 is 0. The van der Waals surface area contributed by atoms with Gasteiger partial charge in [0.05, 0.1) is 6.67 Å². The van der Waals surface area contributed by atoms with Crippen LogP contribution in [0.4, 0.5) is 0 Å². The lowest BCUT2D eigenvalue weighted by Crippen LogP contribution is -2.58. The molecule has 30 valence electrons. The first-order chi connectivity index (χ1) is 2.39. The molecule has 0 unspecified atom stereocenters. The Kier molecular flexibility index (Phi) is 0.574. The third-order valence-electron chi connectivity index (χ3n) is 0.591. The maximum absolute atomic E-state index is 8.23. The normalized spacial score (nSPS) is 25.8. The second-order valence-electron chi connectivity index (χ2n) is 0.988. The Bertz CT molecular complexity index is 34.6. The molecule has 0 aliphatic carbocycles. The minimum atomic E-state index is -0.435. The number of rotatable bonds is 0. The van der Waals surface area contributed by atoms with Crippen LogP contribution in [-0.2, 0) is 0 Å². The van der Waals surface area contributed by atoms with E-state index in [2.05, 4.69) is 10.6 Å². The lowest BCUT2D eigenvalue weighted by molar-refractivity contribution is 0.0366. The van der Waals surface area contributed by atoms with Gasteiger partial charge in [-0.15, -0.1) is 0 Å². The summed E-state index contributed by atoms with van der Waals surface area (Å²) >= 11 is 0. The highest BCUT2D eigenvalue weighted by Crippen LogP contribution is 1.73. The van der Waals surface area contributed by atoms with Crippen molar-refractivity contribution in [2.24, 2.45) is 0 Å². The fourth-order valence-electron chi connectivity index (χ4n) is 0.193. The summed E-state index contributed by atoms with van der Waals surface area (Å²) in [5.74, 6) is 0. The summed E-state index contributed by atoms with van der Waals surface area (Å²) in [6.07, 6.45) is -0.435. The van der Waals surface area contributed by atoms with E-state index in [1.54, 1.807) is 0 Å². The van der Waals surface area contributed by atoms with Gasteiger partial charge in [0.25, 0.3) is 0 Å². The summed E-state index contributed by atoms with van der Waals surface area (Å²) in [5, 5.41) is 13.5. The maximum Gasteiger partial charge on any atom is 0.162 e. The third-order valence-corrected chi connectivity index (χ3v) is 0.591. The molecular weight excluding hydrogens is 68.0 g/mol. The molecule has 0 aromatic carbocycles. The molecule has 3 nitrogen and oxygen atoms in total. The summed E-state index contributed by atoms with van der Waals surface area (Å²) in [6, 6.07) is 0. The second kappa shape index (κ2) is 0.931. The van der Waals surface area contributed by atoms with Crippen molar-refractivity contribution in [2.75, 3.05) is 6.67 Å². The quantitative estimate of drug-likeness (QED) is 0.324. The summed E-state index contributed by atoms with van der Waals surface area (Å²) in [4.78, 5) is 0. The molecule has 1 heterocycles. The molecule has 3 N–H and O–H groups in total. The second-order valence-corrected chi connectivity index (χ2v) is 0.988. The van der Waals surface area contributed by atoms with E-state index in [4.69, 9.17) is 5.11 Å². The number of aliphatic hydroxyl groups excluding tert-OH is 1. The molecule has 1 aliphatic rings. The average molecular weight is 74.1 g/mol. The summed E-state index contributed by atoms with van der Waals surface area (Å²) in [5.41, 5.74) is 0. The number of aliphatic hydroxyl groups is 1.